The fourth-order valence-corrected chi connectivity index (χ4v) is 2.93. The highest BCUT2D eigenvalue weighted by atomic mass is 16.5. The molecule has 1 fully saturated rings. The monoisotopic (exact) mass is 310 g/mol. The van der Waals surface area contributed by atoms with Crippen LogP contribution in [0.1, 0.15) is 18.4 Å². The summed E-state index contributed by atoms with van der Waals surface area (Å²) < 4.78 is 5.19. The molecule has 2 aromatic carbocycles. The zero-order valence-electron chi connectivity index (χ0n) is 13.4. The van der Waals surface area contributed by atoms with Crippen LogP contribution < -0.4 is 15.0 Å². The van der Waals surface area contributed by atoms with Gasteiger partial charge in [-0.15, -0.1) is 0 Å². The fraction of sp³-hybridized carbons (Fsp3) is 0.316. The lowest BCUT2D eigenvalue weighted by molar-refractivity contribution is -0.115. The summed E-state index contributed by atoms with van der Waals surface area (Å²) in [4.78, 5) is 14.6. The van der Waals surface area contributed by atoms with Gasteiger partial charge in [-0.25, -0.2) is 0 Å². The molecule has 1 aliphatic heterocycles. The van der Waals surface area contributed by atoms with Gasteiger partial charge in [-0.05, 0) is 48.7 Å². The summed E-state index contributed by atoms with van der Waals surface area (Å²) in [6, 6.07) is 15.7. The molecular formula is C19H22N2O2. The van der Waals surface area contributed by atoms with Crippen molar-refractivity contribution in [3.05, 3.63) is 54.1 Å². The molecule has 2 aromatic rings. The fourth-order valence-electron chi connectivity index (χ4n) is 2.93. The minimum atomic E-state index is -0.0168. The Bertz CT molecular complexity index is 679. The molecule has 0 aromatic heterocycles. The molecule has 1 saturated heterocycles. The van der Waals surface area contributed by atoms with Crippen LogP contribution in [0.5, 0.6) is 5.75 Å². The first-order valence-corrected chi connectivity index (χ1v) is 8.02. The van der Waals surface area contributed by atoms with Crippen molar-refractivity contribution in [1.82, 2.24) is 0 Å². The Morgan fingerprint density at radius 1 is 1.13 bits per heavy atom. The van der Waals surface area contributed by atoms with E-state index in [1.54, 1.807) is 7.11 Å². The summed E-state index contributed by atoms with van der Waals surface area (Å²) in [6.45, 7) is 2.20. The number of carbonyl (C=O) groups excluding carboxylic acids is 1. The minimum absolute atomic E-state index is 0.0168. The predicted octanol–water partition coefficient (Wildman–Crippen LogP) is 3.48. The van der Waals surface area contributed by atoms with Crippen LogP contribution in [0.25, 0.3) is 0 Å². The summed E-state index contributed by atoms with van der Waals surface area (Å²) in [6.07, 6.45) is 2.82. The number of anilines is 2. The van der Waals surface area contributed by atoms with E-state index in [-0.39, 0.29) is 5.91 Å². The number of amides is 1. The van der Waals surface area contributed by atoms with Crippen LogP contribution >= 0.6 is 0 Å². The van der Waals surface area contributed by atoms with Crippen LogP contribution in [0, 0.1) is 0 Å². The maximum atomic E-state index is 12.2. The Morgan fingerprint density at radius 3 is 2.70 bits per heavy atom. The van der Waals surface area contributed by atoms with E-state index in [2.05, 4.69) is 22.3 Å². The third kappa shape index (κ3) is 4.03. The first-order valence-electron chi connectivity index (χ1n) is 8.02. The summed E-state index contributed by atoms with van der Waals surface area (Å²) in [5.41, 5.74) is 2.97. The van der Waals surface area contributed by atoms with Crippen LogP contribution in [-0.2, 0) is 11.2 Å². The van der Waals surface area contributed by atoms with Crippen molar-refractivity contribution in [3.8, 4) is 5.75 Å². The van der Waals surface area contributed by atoms with Gasteiger partial charge in [0, 0.05) is 24.5 Å². The van der Waals surface area contributed by atoms with E-state index in [9.17, 15) is 4.79 Å². The molecule has 0 unspecified atom stereocenters. The maximum absolute atomic E-state index is 12.2. The van der Waals surface area contributed by atoms with Crippen LogP contribution in [0.4, 0.5) is 11.4 Å². The average Bonchev–Trinajstić information content (AvgIpc) is 3.09. The molecule has 1 amide bonds. The molecule has 0 radical (unpaired) electrons. The molecule has 0 aliphatic carbocycles. The van der Waals surface area contributed by atoms with Crippen molar-refractivity contribution in [2.24, 2.45) is 0 Å². The average molecular weight is 310 g/mol. The van der Waals surface area contributed by atoms with Gasteiger partial charge in [0.1, 0.15) is 5.75 Å². The van der Waals surface area contributed by atoms with Gasteiger partial charge in [-0.1, -0.05) is 18.2 Å². The van der Waals surface area contributed by atoms with E-state index in [1.807, 2.05) is 36.4 Å². The molecule has 23 heavy (non-hydrogen) atoms. The third-order valence-corrected chi connectivity index (χ3v) is 4.10. The summed E-state index contributed by atoms with van der Waals surface area (Å²) in [5.74, 6) is 0.753. The van der Waals surface area contributed by atoms with E-state index in [1.165, 1.54) is 18.5 Å². The van der Waals surface area contributed by atoms with Gasteiger partial charge < -0.3 is 15.0 Å². The number of nitrogens with zero attached hydrogens (tertiary/aromatic N) is 1. The van der Waals surface area contributed by atoms with Crippen LogP contribution in [0.2, 0.25) is 0 Å². The standard InChI is InChI=1S/C19H22N2O2/c1-23-18-9-4-6-15(12-18)13-19(22)20-16-7-5-8-17(14-16)21-10-2-3-11-21/h4-9,12,14H,2-3,10-11,13H2,1H3,(H,20,22). The van der Waals surface area contributed by atoms with Gasteiger partial charge >= 0.3 is 0 Å². The highest BCUT2D eigenvalue weighted by Gasteiger charge is 2.13. The number of hydrogen-bond acceptors (Lipinski definition) is 3. The Kier molecular flexibility index (Phi) is 4.81. The lowest BCUT2D eigenvalue weighted by atomic mass is 10.1. The van der Waals surface area contributed by atoms with Crippen molar-refractivity contribution in [2.45, 2.75) is 19.3 Å². The molecule has 4 nitrogen and oxygen atoms in total. The number of carbonyl (C=O) groups is 1. The van der Waals surface area contributed by atoms with Gasteiger partial charge in [0.2, 0.25) is 5.91 Å². The number of rotatable bonds is 5. The number of benzene rings is 2. The Morgan fingerprint density at radius 2 is 1.91 bits per heavy atom. The molecule has 0 saturated carbocycles. The first kappa shape index (κ1) is 15.4. The molecule has 120 valence electrons. The number of nitrogens with one attached hydrogen (secondary N) is 1. The molecule has 0 spiro atoms. The highest BCUT2D eigenvalue weighted by Crippen LogP contribution is 2.23. The van der Waals surface area contributed by atoms with E-state index in [4.69, 9.17) is 4.74 Å². The van der Waals surface area contributed by atoms with Crippen molar-refractivity contribution in [3.63, 3.8) is 0 Å². The lowest BCUT2D eigenvalue weighted by Gasteiger charge is -2.18. The molecule has 0 bridgehead atoms. The van der Waals surface area contributed by atoms with E-state index < -0.39 is 0 Å². The SMILES string of the molecule is COc1cccc(CC(=O)Nc2cccc(N3CCCC3)c2)c1. The largest absolute Gasteiger partial charge is 0.497 e. The van der Waals surface area contributed by atoms with E-state index in [0.29, 0.717) is 6.42 Å². The number of methoxy groups -OCH3 is 1. The second kappa shape index (κ2) is 7.18. The lowest BCUT2D eigenvalue weighted by Crippen LogP contribution is -2.18. The second-order valence-electron chi connectivity index (χ2n) is 5.82. The first-order chi connectivity index (χ1) is 11.2. The van der Waals surface area contributed by atoms with Crippen molar-refractivity contribution < 1.29 is 9.53 Å². The molecule has 1 N–H and O–H groups in total. The molecule has 3 rings (SSSR count). The number of hydrogen-bond donors (Lipinski definition) is 1. The maximum Gasteiger partial charge on any atom is 0.228 e. The Hall–Kier alpha value is -2.49. The highest BCUT2D eigenvalue weighted by molar-refractivity contribution is 5.92. The van der Waals surface area contributed by atoms with E-state index >= 15 is 0 Å². The minimum Gasteiger partial charge on any atom is -0.497 e. The predicted molar refractivity (Wildman–Crippen MR) is 93.2 cm³/mol. The van der Waals surface area contributed by atoms with Crippen molar-refractivity contribution in [1.29, 1.82) is 0 Å². The van der Waals surface area contributed by atoms with Gasteiger partial charge in [0.05, 0.1) is 13.5 Å². The number of ether oxygens (including phenoxy) is 1. The third-order valence-electron chi connectivity index (χ3n) is 4.10. The summed E-state index contributed by atoms with van der Waals surface area (Å²) in [5, 5.41) is 2.99. The van der Waals surface area contributed by atoms with Gasteiger partial charge in [-0.3, -0.25) is 4.79 Å². The molecular weight excluding hydrogens is 288 g/mol. The van der Waals surface area contributed by atoms with Crippen LogP contribution in [-0.4, -0.2) is 26.1 Å². The second-order valence-corrected chi connectivity index (χ2v) is 5.82. The molecule has 0 atom stereocenters. The Balaban J connectivity index is 1.64. The van der Waals surface area contributed by atoms with Gasteiger partial charge in [-0.2, -0.15) is 0 Å². The van der Waals surface area contributed by atoms with E-state index in [0.717, 1.165) is 30.1 Å². The zero-order chi connectivity index (χ0) is 16.1. The smallest absolute Gasteiger partial charge is 0.228 e. The molecule has 1 heterocycles. The van der Waals surface area contributed by atoms with Crippen molar-refractivity contribution in [2.75, 3.05) is 30.4 Å². The topological polar surface area (TPSA) is 41.6 Å². The molecule has 1 aliphatic rings. The quantitative estimate of drug-likeness (QED) is 0.919. The summed E-state index contributed by atoms with van der Waals surface area (Å²) in [7, 11) is 1.63. The summed E-state index contributed by atoms with van der Waals surface area (Å²) >= 11 is 0. The normalized spacial score (nSPS) is 13.9. The van der Waals surface area contributed by atoms with Crippen molar-refractivity contribution >= 4 is 17.3 Å². The van der Waals surface area contributed by atoms with Crippen LogP contribution in [0.3, 0.4) is 0 Å². The Labute approximate surface area is 137 Å². The van der Waals surface area contributed by atoms with Gasteiger partial charge in [0.15, 0.2) is 0 Å². The zero-order valence-corrected chi connectivity index (χ0v) is 13.4. The van der Waals surface area contributed by atoms with Crippen LogP contribution in [0.15, 0.2) is 48.5 Å². The molecule has 4 heteroatoms. The van der Waals surface area contributed by atoms with Gasteiger partial charge in [0.25, 0.3) is 0 Å².